The van der Waals surface area contributed by atoms with Gasteiger partial charge in [-0.05, 0) is 71.7 Å². The Morgan fingerprint density at radius 2 is 1.37 bits per heavy atom. The molecule has 26 nitrogen and oxygen atoms in total. The quantitative estimate of drug-likeness (QED) is 0.0760. The first kappa shape index (κ1) is 62.7. The molecule has 2 aromatic carbocycles. The first-order valence-electron chi connectivity index (χ1n) is 25.8. The van der Waals surface area contributed by atoms with Crippen molar-refractivity contribution in [1.29, 1.82) is 0 Å². The minimum absolute atomic E-state index is 0.00394. The first-order chi connectivity index (χ1) is 37.0. The van der Waals surface area contributed by atoms with E-state index in [9.17, 15) is 69.0 Å². The molecule has 26 heteroatoms. The van der Waals surface area contributed by atoms with Crippen LogP contribution in [0.4, 0.5) is 4.79 Å². The number of carbonyl (C=O) groups excluding carboxylic acids is 8. The van der Waals surface area contributed by atoms with Crippen LogP contribution in [0.15, 0.2) is 48.5 Å². The second kappa shape index (κ2) is 27.1. The van der Waals surface area contributed by atoms with Gasteiger partial charge in [0.05, 0.1) is 30.5 Å². The Hall–Kier alpha value is -7.15. The molecular weight excluding hydrogens is 1040 g/mol. The van der Waals surface area contributed by atoms with Crippen molar-refractivity contribution in [2.45, 2.75) is 165 Å². The van der Waals surface area contributed by atoms with Gasteiger partial charge in [-0.1, -0.05) is 43.3 Å². The molecule has 0 spiro atoms. The number of esters is 1. The summed E-state index contributed by atoms with van der Waals surface area (Å²) in [7, 11) is 0. The molecule has 2 aromatic rings. The number of aliphatic hydroxyl groups excluding tert-OH is 6. The highest BCUT2D eigenvalue weighted by atomic mass is 16.6. The Labute approximate surface area is 457 Å². The van der Waals surface area contributed by atoms with Gasteiger partial charge in [-0.25, -0.2) is 16.2 Å². The van der Waals surface area contributed by atoms with E-state index >= 15 is 0 Å². The molecule has 0 bridgehead atoms. The minimum Gasteiger partial charge on any atom is -0.485 e. The zero-order valence-electron chi connectivity index (χ0n) is 45.4. The lowest BCUT2D eigenvalue weighted by Crippen LogP contribution is -2.64. The average molecular weight is 1110 g/mol. The van der Waals surface area contributed by atoms with Crippen LogP contribution in [0.2, 0.25) is 0 Å². The third kappa shape index (κ3) is 17.7. The summed E-state index contributed by atoms with van der Waals surface area (Å²) in [5.41, 5.74) is -0.952. The van der Waals surface area contributed by atoms with E-state index in [2.05, 4.69) is 31.4 Å². The second-order valence-electron chi connectivity index (χ2n) is 21.9. The Kier molecular flexibility index (Phi) is 21.5. The molecule has 3 fully saturated rings. The zero-order valence-corrected chi connectivity index (χ0v) is 45.4. The Morgan fingerprint density at radius 3 is 2.00 bits per heavy atom. The molecule has 0 saturated carbocycles. The standard InChI is InChI=1S/C53H74N8O18/c1-27-23-61-43(44(27)68)48(72)55-21-31(63)19-33(56-51(75)79-53(6,7)8)45(69)57-40(28(2)62)49(73)60-24-32(64)20-34(60)46(70)58-41(47(71)59-42(50(61)74)36(66)22-54-9)35(65)17-30-15-16-37(76-25-29-13-11-10-12-14-29)38(18-30)77-26-39(67)78-52(3,4)5/h10-16,18,27-28,31-36,40-44,62-66,68H,17,19-26H2,1-8H3,(H,55,72)(H,56,75)(H,57,69)(H,58,70)(H,59,71)/t27-,28+,31+,32+,33-,34-,35+,36+,40-,41-,42-,43-,44-/m0/s1. The predicted octanol–water partition coefficient (Wildman–Crippen LogP) is -2.05. The van der Waals surface area contributed by atoms with E-state index in [1.54, 1.807) is 32.9 Å². The van der Waals surface area contributed by atoms with Gasteiger partial charge in [-0.3, -0.25) is 28.8 Å². The van der Waals surface area contributed by atoms with Crippen LogP contribution < -0.4 is 36.1 Å². The number of β-amino-alcohol motifs (C(OH)–C–C–N with tert-alkyl or cyclic N) is 1. The molecule has 79 heavy (non-hydrogen) atoms. The van der Waals surface area contributed by atoms with Gasteiger partial charge in [0.15, 0.2) is 24.2 Å². The number of amides is 7. The summed E-state index contributed by atoms with van der Waals surface area (Å²) in [5, 5.41) is 79.7. The van der Waals surface area contributed by atoms with Gasteiger partial charge in [0.1, 0.15) is 54.1 Å². The molecule has 3 saturated heterocycles. The number of alkyl carbamates (subject to hydrolysis) is 1. The van der Waals surface area contributed by atoms with Crippen LogP contribution in [0.25, 0.3) is 4.85 Å². The second-order valence-corrected chi connectivity index (χ2v) is 21.9. The molecule has 3 heterocycles. The molecule has 0 radical (unpaired) electrons. The number of ether oxygens (including phenoxy) is 4. The highest BCUT2D eigenvalue weighted by Gasteiger charge is 2.50. The summed E-state index contributed by atoms with van der Waals surface area (Å²) >= 11 is 0. The van der Waals surface area contributed by atoms with Crippen molar-refractivity contribution in [2.24, 2.45) is 5.92 Å². The van der Waals surface area contributed by atoms with Crippen LogP contribution in [0.5, 0.6) is 11.5 Å². The van der Waals surface area contributed by atoms with E-state index in [4.69, 9.17) is 25.5 Å². The normalized spacial score (nSPS) is 27.0. The van der Waals surface area contributed by atoms with Gasteiger partial charge in [0.25, 0.3) is 0 Å². The summed E-state index contributed by atoms with van der Waals surface area (Å²) in [6.45, 7) is 16.8. The largest absolute Gasteiger partial charge is 0.485 e. The molecule has 13 atom stereocenters. The summed E-state index contributed by atoms with van der Waals surface area (Å²) in [5.74, 6) is -8.44. The Balaban J connectivity index is 1.59. The molecule has 3 aliphatic heterocycles. The van der Waals surface area contributed by atoms with Crippen LogP contribution >= 0.6 is 0 Å². The summed E-state index contributed by atoms with van der Waals surface area (Å²) < 4.78 is 22.6. The highest BCUT2D eigenvalue weighted by molar-refractivity contribution is 5.98. The van der Waals surface area contributed by atoms with Crippen molar-refractivity contribution in [3.63, 3.8) is 0 Å². The number of hydrogen-bond donors (Lipinski definition) is 11. The van der Waals surface area contributed by atoms with Gasteiger partial charge in [0, 0.05) is 44.8 Å². The number of fused-ring (bicyclic) bond motifs is 2. The van der Waals surface area contributed by atoms with E-state index in [1.165, 1.54) is 45.9 Å². The minimum atomic E-state index is -2.12. The number of rotatable bonds is 13. The van der Waals surface area contributed by atoms with E-state index in [1.807, 2.05) is 18.2 Å². The number of benzene rings is 2. The summed E-state index contributed by atoms with van der Waals surface area (Å²) in [6.07, 6.45) is -13.2. The van der Waals surface area contributed by atoms with E-state index in [0.29, 0.717) is 0 Å². The van der Waals surface area contributed by atoms with Crippen molar-refractivity contribution in [1.82, 2.24) is 36.4 Å². The van der Waals surface area contributed by atoms with Crippen LogP contribution in [0, 0.1) is 12.5 Å². The molecule has 434 valence electrons. The SMILES string of the molecule is [C-]#[N+]C[C@@H](O)[C@@H]1NC(=O)[C@H]([C@H](O)Cc2ccc(OCc3ccccc3)c(OCC(=O)OC(C)(C)C)c2)NC(=O)[C@@H]2C[C@@H](O)CN2C(=O)[C@H]([C@@H](C)O)NC(=O)[C@@H](NC(=O)OC(C)(C)C)C[C@@H](O)CNC(=O)[C@@H]2[C@@H](O)[C@@H](C)CN2C1=O. The number of carbonyl (C=O) groups is 8. The molecule has 11 N–H and O–H groups in total. The third-order valence-corrected chi connectivity index (χ3v) is 12.9. The molecule has 0 aromatic heterocycles. The summed E-state index contributed by atoms with van der Waals surface area (Å²) in [6, 6.07) is 2.13. The van der Waals surface area contributed by atoms with Gasteiger partial charge in [-0.15, -0.1) is 0 Å². The van der Waals surface area contributed by atoms with E-state index in [-0.39, 0.29) is 30.2 Å². The molecular formula is C53H74N8O18. The number of hydrogen-bond acceptors (Lipinski definition) is 18. The van der Waals surface area contributed by atoms with Crippen LogP contribution in [0.3, 0.4) is 0 Å². The molecule has 7 amide bonds. The number of nitrogens with zero attached hydrogens (tertiary/aromatic N) is 3. The number of nitrogens with one attached hydrogen (secondary N) is 5. The van der Waals surface area contributed by atoms with E-state index in [0.717, 1.165) is 22.3 Å². The van der Waals surface area contributed by atoms with E-state index < -0.39 is 183 Å². The highest BCUT2D eigenvalue weighted by Crippen LogP contribution is 2.31. The van der Waals surface area contributed by atoms with Crippen LogP contribution in [0.1, 0.15) is 79.4 Å². The van der Waals surface area contributed by atoms with Gasteiger partial charge in [0.2, 0.25) is 42.0 Å². The van der Waals surface area contributed by atoms with Crippen molar-refractivity contribution in [3.8, 4) is 11.5 Å². The lowest BCUT2D eigenvalue weighted by atomic mass is 9.99. The smallest absolute Gasteiger partial charge is 0.408 e. The Morgan fingerprint density at radius 1 is 0.734 bits per heavy atom. The molecule has 3 aliphatic rings. The fourth-order valence-electron chi connectivity index (χ4n) is 9.08. The lowest BCUT2D eigenvalue weighted by Gasteiger charge is -2.33. The van der Waals surface area contributed by atoms with Crippen molar-refractivity contribution >= 4 is 47.5 Å². The van der Waals surface area contributed by atoms with Gasteiger partial charge in [-0.2, -0.15) is 0 Å². The molecule has 0 unspecified atom stereocenters. The maximum atomic E-state index is 14.8. The van der Waals surface area contributed by atoms with Crippen molar-refractivity contribution in [2.75, 3.05) is 32.8 Å². The summed E-state index contributed by atoms with van der Waals surface area (Å²) in [4.78, 5) is 117. The van der Waals surface area contributed by atoms with Crippen LogP contribution in [-0.4, -0.2) is 205 Å². The van der Waals surface area contributed by atoms with Gasteiger partial charge >= 0.3 is 12.1 Å². The zero-order chi connectivity index (χ0) is 58.7. The monoisotopic (exact) mass is 1110 g/mol. The predicted molar refractivity (Wildman–Crippen MR) is 277 cm³/mol. The third-order valence-electron chi connectivity index (χ3n) is 12.9. The fraction of sp³-hybridized carbons (Fsp3) is 0.604. The van der Waals surface area contributed by atoms with Gasteiger partial charge < -0.3 is 90.8 Å². The maximum Gasteiger partial charge on any atom is 0.408 e. The van der Waals surface area contributed by atoms with Crippen molar-refractivity contribution in [3.05, 3.63) is 71.1 Å². The average Bonchev–Trinajstić information content (AvgIpc) is 3.97. The first-order valence-corrected chi connectivity index (χ1v) is 25.8. The topological polar surface area (TPSA) is 366 Å². The molecule has 0 aliphatic carbocycles. The fourth-order valence-corrected chi connectivity index (χ4v) is 9.08. The lowest BCUT2D eigenvalue weighted by molar-refractivity contribution is -0.157. The molecule has 5 rings (SSSR count). The van der Waals surface area contributed by atoms with Crippen LogP contribution in [-0.2, 0) is 56.1 Å². The number of aliphatic hydroxyl groups is 6. The maximum absolute atomic E-state index is 14.8. The van der Waals surface area contributed by atoms with Crippen molar-refractivity contribution < 1.29 is 87.9 Å². The Bertz CT molecular complexity index is 2550.